The zero-order valence-corrected chi connectivity index (χ0v) is 14.2. The first-order valence-electron chi connectivity index (χ1n) is 7.96. The van der Waals surface area contributed by atoms with Crippen molar-refractivity contribution in [1.29, 1.82) is 0 Å². The SMILES string of the molecule is O=C1Nc2ccccc2S(=O)(=O)N1CCc1ccc2ccccc2c1. The topological polar surface area (TPSA) is 66.5 Å². The van der Waals surface area contributed by atoms with Crippen molar-refractivity contribution in [2.45, 2.75) is 11.3 Å². The molecule has 0 saturated heterocycles. The normalized spacial score (nSPS) is 15.7. The van der Waals surface area contributed by atoms with E-state index in [1.807, 2.05) is 42.5 Å². The van der Waals surface area contributed by atoms with Crippen LogP contribution in [0.5, 0.6) is 0 Å². The van der Waals surface area contributed by atoms with E-state index in [4.69, 9.17) is 0 Å². The number of carbonyl (C=O) groups is 1. The summed E-state index contributed by atoms with van der Waals surface area (Å²) >= 11 is 0. The number of hydrogen-bond acceptors (Lipinski definition) is 3. The van der Waals surface area contributed by atoms with Crippen LogP contribution in [0.3, 0.4) is 0 Å². The van der Waals surface area contributed by atoms with Crippen LogP contribution >= 0.6 is 0 Å². The monoisotopic (exact) mass is 352 g/mol. The Balaban J connectivity index is 1.60. The third-order valence-corrected chi connectivity index (χ3v) is 6.18. The van der Waals surface area contributed by atoms with Crippen molar-refractivity contribution < 1.29 is 13.2 Å². The van der Waals surface area contributed by atoms with E-state index in [1.165, 1.54) is 6.07 Å². The minimum absolute atomic E-state index is 0.0981. The molecule has 1 aliphatic rings. The van der Waals surface area contributed by atoms with Gasteiger partial charge >= 0.3 is 6.03 Å². The molecule has 0 atom stereocenters. The number of sulfonamides is 1. The van der Waals surface area contributed by atoms with Gasteiger partial charge in [-0.1, -0.05) is 54.6 Å². The highest BCUT2D eigenvalue weighted by molar-refractivity contribution is 7.90. The Kier molecular flexibility index (Phi) is 3.69. The molecular weight excluding hydrogens is 336 g/mol. The van der Waals surface area contributed by atoms with Gasteiger partial charge in [-0.3, -0.25) is 0 Å². The third kappa shape index (κ3) is 2.74. The molecule has 1 heterocycles. The number of amides is 2. The highest BCUT2D eigenvalue weighted by Gasteiger charge is 2.35. The van der Waals surface area contributed by atoms with Gasteiger partial charge in [-0.05, 0) is 34.9 Å². The van der Waals surface area contributed by atoms with Crippen molar-refractivity contribution in [3.05, 3.63) is 72.3 Å². The van der Waals surface area contributed by atoms with Crippen LogP contribution in [-0.4, -0.2) is 25.3 Å². The highest BCUT2D eigenvalue weighted by atomic mass is 32.2. The van der Waals surface area contributed by atoms with E-state index in [0.29, 0.717) is 12.1 Å². The van der Waals surface area contributed by atoms with Crippen LogP contribution in [0.4, 0.5) is 10.5 Å². The molecule has 4 rings (SSSR count). The first-order valence-corrected chi connectivity index (χ1v) is 9.40. The van der Waals surface area contributed by atoms with Crippen LogP contribution in [0.1, 0.15) is 5.56 Å². The van der Waals surface area contributed by atoms with E-state index < -0.39 is 16.1 Å². The predicted molar refractivity (Wildman–Crippen MR) is 97.0 cm³/mol. The lowest BCUT2D eigenvalue weighted by atomic mass is 10.1. The number of hydrogen-bond donors (Lipinski definition) is 1. The zero-order valence-electron chi connectivity index (χ0n) is 13.3. The molecule has 0 aromatic heterocycles. The standard InChI is InChI=1S/C19H16N2O3S/c22-19-20-17-7-3-4-8-18(17)25(23,24)21(19)12-11-14-9-10-15-5-1-2-6-16(15)13-14/h1-10,13H,11-12H2,(H,20,22). The maximum absolute atomic E-state index is 12.7. The minimum Gasteiger partial charge on any atom is -0.306 e. The van der Waals surface area contributed by atoms with Gasteiger partial charge < -0.3 is 5.32 Å². The molecule has 0 radical (unpaired) electrons. The molecule has 25 heavy (non-hydrogen) atoms. The summed E-state index contributed by atoms with van der Waals surface area (Å²) in [6.45, 7) is 0.0981. The quantitative estimate of drug-likeness (QED) is 0.783. The van der Waals surface area contributed by atoms with Crippen molar-refractivity contribution in [1.82, 2.24) is 4.31 Å². The highest BCUT2D eigenvalue weighted by Crippen LogP contribution is 2.29. The van der Waals surface area contributed by atoms with Gasteiger partial charge in [-0.15, -0.1) is 0 Å². The second-order valence-corrected chi connectivity index (χ2v) is 7.77. The number of fused-ring (bicyclic) bond motifs is 2. The fraction of sp³-hybridized carbons (Fsp3) is 0.105. The first kappa shape index (κ1) is 15.7. The number of para-hydroxylation sites is 1. The Morgan fingerprint density at radius 1 is 0.880 bits per heavy atom. The summed E-state index contributed by atoms with van der Waals surface area (Å²) in [6, 6.07) is 19.8. The lowest BCUT2D eigenvalue weighted by Crippen LogP contribution is -2.44. The summed E-state index contributed by atoms with van der Waals surface area (Å²) in [7, 11) is -3.82. The Labute approximate surface area is 145 Å². The Bertz CT molecular complexity index is 1080. The molecule has 0 unspecified atom stereocenters. The minimum atomic E-state index is -3.82. The molecule has 5 nitrogen and oxygen atoms in total. The molecule has 3 aromatic carbocycles. The number of benzene rings is 3. The number of nitrogens with zero attached hydrogens (tertiary/aromatic N) is 1. The number of rotatable bonds is 3. The summed E-state index contributed by atoms with van der Waals surface area (Å²) in [4.78, 5) is 12.4. The van der Waals surface area contributed by atoms with Crippen molar-refractivity contribution in [3.8, 4) is 0 Å². The summed E-state index contributed by atoms with van der Waals surface area (Å²) < 4.78 is 26.3. The number of nitrogens with one attached hydrogen (secondary N) is 1. The second-order valence-electron chi connectivity index (χ2n) is 5.93. The van der Waals surface area contributed by atoms with E-state index in [1.54, 1.807) is 18.2 Å². The van der Waals surface area contributed by atoms with E-state index in [2.05, 4.69) is 5.32 Å². The number of urea groups is 1. The van der Waals surface area contributed by atoms with Gasteiger partial charge in [-0.2, -0.15) is 0 Å². The summed E-state index contributed by atoms with van der Waals surface area (Å²) in [5.41, 5.74) is 1.31. The van der Waals surface area contributed by atoms with Crippen LogP contribution < -0.4 is 5.32 Å². The summed E-state index contributed by atoms with van der Waals surface area (Å²) in [5, 5.41) is 4.86. The van der Waals surface area contributed by atoms with Crippen molar-refractivity contribution >= 4 is 32.5 Å². The molecule has 126 valence electrons. The van der Waals surface area contributed by atoms with E-state index in [-0.39, 0.29) is 11.4 Å². The first-order chi connectivity index (χ1) is 12.1. The molecule has 0 spiro atoms. The van der Waals surface area contributed by atoms with Crippen molar-refractivity contribution in [2.75, 3.05) is 11.9 Å². The molecule has 1 N–H and O–H groups in total. The Morgan fingerprint density at radius 2 is 1.60 bits per heavy atom. The van der Waals surface area contributed by atoms with Gasteiger partial charge in [0, 0.05) is 6.54 Å². The molecule has 6 heteroatoms. The van der Waals surface area contributed by atoms with Gasteiger partial charge in [0.25, 0.3) is 10.0 Å². The van der Waals surface area contributed by atoms with Gasteiger partial charge in [0.15, 0.2) is 0 Å². The molecule has 0 aliphatic carbocycles. The van der Waals surface area contributed by atoms with Crippen LogP contribution in [0.25, 0.3) is 10.8 Å². The van der Waals surface area contributed by atoms with Gasteiger partial charge in [0.2, 0.25) is 0 Å². The summed E-state index contributed by atoms with van der Waals surface area (Å²) in [5.74, 6) is 0. The van der Waals surface area contributed by atoms with Crippen LogP contribution in [-0.2, 0) is 16.4 Å². The van der Waals surface area contributed by atoms with Gasteiger partial charge in [0.05, 0.1) is 5.69 Å². The van der Waals surface area contributed by atoms with Crippen LogP contribution in [0, 0.1) is 0 Å². The van der Waals surface area contributed by atoms with Gasteiger partial charge in [-0.25, -0.2) is 17.5 Å². The number of carbonyl (C=O) groups excluding carboxylic acids is 1. The Hall–Kier alpha value is -2.86. The Morgan fingerprint density at radius 3 is 2.44 bits per heavy atom. The molecule has 0 saturated carbocycles. The second kappa shape index (κ2) is 5.89. The van der Waals surface area contributed by atoms with Crippen molar-refractivity contribution in [3.63, 3.8) is 0 Å². The van der Waals surface area contributed by atoms with Crippen molar-refractivity contribution in [2.24, 2.45) is 0 Å². The molecule has 3 aromatic rings. The lowest BCUT2D eigenvalue weighted by Gasteiger charge is -2.28. The maximum Gasteiger partial charge on any atom is 0.335 e. The predicted octanol–water partition coefficient (Wildman–Crippen LogP) is 3.62. The van der Waals surface area contributed by atoms with E-state index in [9.17, 15) is 13.2 Å². The molecule has 0 fully saturated rings. The largest absolute Gasteiger partial charge is 0.335 e. The average Bonchev–Trinajstić information content (AvgIpc) is 2.61. The third-order valence-electron chi connectivity index (χ3n) is 4.34. The van der Waals surface area contributed by atoms with Gasteiger partial charge in [0.1, 0.15) is 4.90 Å². The van der Waals surface area contributed by atoms with Crippen LogP contribution in [0.15, 0.2) is 71.6 Å². The van der Waals surface area contributed by atoms with E-state index >= 15 is 0 Å². The molecule has 1 aliphatic heterocycles. The van der Waals surface area contributed by atoms with E-state index in [0.717, 1.165) is 20.6 Å². The maximum atomic E-state index is 12.7. The zero-order chi connectivity index (χ0) is 17.4. The average molecular weight is 352 g/mol. The smallest absolute Gasteiger partial charge is 0.306 e. The summed E-state index contributed by atoms with van der Waals surface area (Å²) in [6.07, 6.45) is 0.458. The molecule has 2 amide bonds. The molecular formula is C19H16N2O3S. The molecule has 0 bridgehead atoms. The number of anilines is 1. The fourth-order valence-electron chi connectivity index (χ4n) is 3.05. The fourth-order valence-corrected chi connectivity index (χ4v) is 4.53. The lowest BCUT2D eigenvalue weighted by molar-refractivity contribution is 0.235. The van der Waals surface area contributed by atoms with Crippen LogP contribution in [0.2, 0.25) is 0 Å².